The lowest BCUT2D eigenvalue weighted by atomic mass is 10.00. The molecule has 0 amide bonds. The number of rotatable bonds is 7. The average Bonchev–Trinajstić information content (AvgIpc) is 3.49. The maximum Gasteiger partial charge on any atom is 0.203 e. The van der Waals surface area contributed by atoms with Gasteiger partial charge in [-0.1, -0.05) is 12.1 Å². The Kier molecular flexibility index (Phi) is 5.75. The lowest BCUT2D eigenvalue weighted by Gasteiger charge is -2.39. The number of ether oxygens (including phenoxy) is 5. The zero-order valence-corrected chi connectivity index (χ0v) is 19.9. The third-order valence-electron chi connectivity index (χ3n) is 5.99. The molecule has 2 unspecified atom stereocenters. The van der Waals surface area contributed by atoms with Gasteiger partial charge in [-0.3, -0.25) is 0 Å². The van der Waals surface area contributed by atoms with E-state index in [1.807, 2.05) is 61.3 Å². The van der Waals surface area contributed by atoms with Gasteiger partial charge in [0, 0.05) is 5.56 Å². The molecule has 0 aliphatic carbocycles. The molecule has 0 radical (unpaired) electrons. The van der Waals surface area contributed by atoms with Gasteiger partial charge in [-0.25, -0.2) is 0 Å². The summed E-state index contributed by atoms with van der Waals surface area (Å²) in [5.74, 6) is 4.60. The van der Waals surface area contributed by atoms with E-state index >= 15 is 0 Å². The van der Waals surface area contributed by atoms with Gasteiger partial charge in [-0.15, -0.1) is 0 Å². The van der Waals surface area contributed by atoms with E-state index in [-0.39, 0.29) is 6.04 Å². The monoisotopic (exact) mass is 464 g/mol. The maximum atomic E-state index is 6.62. The summed E-state index contributed by atoms with van der Waals surface area (Å²) in [7, 11) is 4.79. The number of benzene rings is 2. The molecule has 3 aromatic rings. The Morgan fingerprint density at radius 1 is 0.912 bits per heavy atom. The van der Waals surface area contributed by atoms with Crippen LogP contribution in [0, 0.1) is 6.92 Å². The number of fused-ring (bicyclic) bond motifs is 3. The van der Waals surface area contributed by atoms with E-state index in [4.69, 9.17) is 28.1 Å². The maximum absolute atomic E-state index is 6.62. The second kappa shape index (κ2) is 8.87. The molecule has 8 nitrogen and oxygen atoms in total. The number of aryl methyl sites for hydroxylation is 1. The highest BCUT2D eigenvalue weighted by molar-refractivity contribution is 5.66. The third-order valence-corrected chi connectivity index (χ3v) is 5.99. The Morgan fingerprint density at radius 3 is 2.41 bits per heavy atom. The van der Waals surface area contributed by atoms with Crippen molar-refractivity contribution in [3.8, 4) is 28.7 Å². The van der Waals surface area contributed by atoms with Crippen molar-refractivity contribution in [2.24, 2.45) is 0 Å². The molecule has 0 saturated heterocycles. The molecule has 1 N–H and O–H groups in total. The van der Waals surface area contributed by atoms with Crippen LogP contribution in [-0.2, 0) is 0 Å². The van der Waals surface area contributed by atoms with Crippen LogP contribution in [0.15, 0.2) is 53.0 Å². The van der Waals surface area contributed by atoms with Crippen LogP contribution in [0.3, 0.4) is 0 Å². The first-order valence-corrected chi connectivity index (χ1v) is 11.1. The Labute approximate surface area is 198 Å². The van der Waals surface area contributed by atoms with Crippen LogP contribution in [0.1, 0.15) is 41.8 Å². The lowest BCUT2D eigenvalue weighted by molar-refractivity contribution is -0.0361. The Balaban J connectivity index is 1.66. The van der Waals surface area contributed by atoms with Gasteiger partial charge in [-0.05, 0) is 50.3 Å². The van der Waals surface area contributed by atoms with Crippen LogP contribution < -0.4 is 29.1 Å². The van der Waals surface area contributed by atoms with Crippen molar-refractivity contribution in [3.63, 3.8) is 0 Å². The fourth-order valence-electron chi connectivity index (χ4n) is 4.51. The molecule has 0 spiro atoms. The smallest absolute Gasteiger partial charge is 0.203 e. The summed E-state index contributed by atoms with van der Waals surface area (Å²) in [5, 5.41) is 2.04. The molecule has 2 aliphatic rings. The van der Waals surface area contributed by atoms with Crippen molar-refractivity contribution in [1.29, 1.82) is 0 Å². The first-order valence-electron chi connectivity index (χ1n) is 11.1. The fraction of sp³-hybridized carbons (Fsp3) is 0.308. The van der Waals surface area contributed by atoms with Gasteiger partial charge >= 0.3 is 0 Å². The van der Waals surface area contributed by atoms with Crippen LogP contribution in [0.2, 0.25) is 0 Å². The van der Waals surface area contributed by atoms with Gasteiger partial charge < -0.3 is 33.5 Å². The number of hydrogen-bond acceptors (Lipinski definition) is 8. The molecule has 1 aromatic heterocycles. The molecule has 34 heavy (non-hydrogen) atoms. The number of nitrogens with one attached hydrogen (secondary N) is 1. The number of para-hydroxylation sites is 1. The highest BCUT2D eigenvalue weighted by Crippen LogP contribution is 2.52. The molecule has 0 bridgehead atoms. The molecule has 3 heterocycles. The molecule has 0 fully saturated rings. The minimum atomic E-state index is -0.557. The molecular formula is C26H28N2O6. The standard InChI is InChI=1S/C26H28N2O6/c1-6-32-22-9-7-8-16-19-14-18(20-12-10-15(2)33-20)27-28(19)26(34-23(16)22)17-11-13-21(29-3)25(31-5)24(17)30-4/h7-14,19,26-27H,6H2,1-5H3. The minimum Gasteiger partial charge on any atom is -0.493 e. The van der Waals surface area contributed by atoms with E-state index in [0.29, 0.717) is 35.4 Å². The summed E-state index contributed by atoms with van der Waals surface area (Å²) in [6.07, 6.45) is 1.58. The van der Waals surface area contributed by atoms with E-state index in [0.717, 1.165) is 28.3 Å². The van der Waals surface area contributed by atoms with Crippen molar-refractivity contribution in [3.05, 3.63) is 71.2 Å². The Morgan fingerprint density at radius 2 is 1.74 bits per heavy atom. The fourth-order valence-corrected chi connectivity index (χ4v) is 4.51. The largest absolute Gasteiger partial charge is 0.493 e. The normalized spacial score (nSPS) is 18.8. The molecule has 8 heteroatoms. The summed E-state index contributed by atoms with van der Waals surface area (Å²) < 4.78 is 35.3. The van der Waals surface area contributed by atoms with Gasteiger partial charge in [0.05, 0.1) is 45.2 Å². The molecule has 178 valence electrons. The minimum absolute atomic E-state index is 0.132. The van der Waals surface area contributed by atoms with Crippen LogP contribution in [0.25, 0.3) is 5.70 Å². The van der Waals surface area contributed by atoms with E-state index in [2.05, 4.69) is 11.5 Å². The molecule has 2 aromatic carbocycles. The van der Waals surface area contributed by atoms with Crippen molar-refractivity contribution in [2.75, 3.05) is 27.9 Å². The number of hydrazine groups is 1. The first-order chi connectivity index (χ1) is 16.6. The van der Waals surface area contributed by atoms with Crippen molar-refractivity contribution in [2.45, 2.75) is 26.1 Å². The van der Waals surface area contributed by atoms with Gasteiger partial charge in [-0.2, -0.15) is 5.01 Å². The predicted octanol–water partition coefficient (Wildman–Crippen LogP) is 5.01. The average molecular weight is 465 g/mol. The first kappa shape index (κ1) is 22.0. The lowest BCUT2D eigenvalue weighted by Crippen LogP contribution is -2.43. The van der Waals surface area contributed by atoms with Gasteiger partial charge in [0.25, 0.3) is 0 Å². The number of methoxy groups -OCH3 is 3. The van der Waals surface area contributed by atoms with E-state index < -0.39 is 6.23 Å². The number of furan rings is 1. The van der Waals surface area contributed by atoms with Crippen LogP contribution in [-0.4, -0.2) is 32.9 Å². The summed E-state index contributed by atoms with van der Waals surface area (Å²) in [6, 6.07) is 13.5. The highest BCUT2D eigenvalue weighted by Gasteiger charge is 2.43. The molecular weight excluding hydrogens is 436 g/mol. The quantitative estimate of drug-likeness (QED) is 0.523. The SMILES string of the molecule is CCOc1cccc2c1OC(c1ccc(OC)c(OC)c1OC)N1NC(c3ccc(C)o3)=CC21. The molecule has 5 rings (SSSR count). The molecule has 2 aliphatic heterocycles. The molecule has 2 atom stereocenters. The van der Waals surface area contributed by atoms with Gasteiger partial charge in [0.2, 0.25) is 5.75 Å². The van der Waals surface area contributed by atoms with Gasteiger partial charge in [0.15, 0.2) is 35.0 Å². The Bertz CT molecular complexity index is 1230. The van der Waals surface area contributed by atoms with Crippen LogP contribution in [0.4, 0.5) is 0 Å². The second-order valence-electron chi connectivity index (χ2n) is 7.96. The topological polar surface area (TPSA) is 74.6 Å². The summed E-state index contributed by atoms with van der Waals surface area (Å²) in [5.41, 5.74) is 6.12. The number of nitrogens with zero attached hydrogens (tertiary/aromatic N) is 1. The van der Waals surface area contributed by atoms with Crippen LogP contribution >= 0.6 is 0 Å². The zero-order chi connectivity index (χ0) is 23.8. The number of hydrogen-bond donors (Lipinski definition) is 1. The highest BCUT2D eigenvalue weighted by atomic mass is 16.5. The van der Waals surface area contributed by atoms with Crippen LogP contribution in [0.5, 0.6) is 28.7 Å². The second-order valence-corrected chi connectivity index (χ2v) is 7.96. The van der Waals surface area contributed by atoms with E-state index in [9.17, 15) is 0 Å². The zero-order valence-electron chi connectivity index (χ0n) is 19.9. The summed E-state index contributed by atoms with van der Waals surface area (Å²) in [4.78, 5) is 0. The van der Waals surface area contributed by atoms with Crippen molar-refractivity contribution >= 4 is 5.70 Å². The molecule has 0 saturated carbocycles. The predicted molar refractivity (Wildman–Crippen MR) is 126 cm³/mol. The summed E-state index contributed by atoms with van der Waals surface area (Å²) >= 11 is 0. The van der Waals surface area contributed by atoms with E-state index in [1.165, 1.54) is 0 Å². The van der Waals surface area contributed by atoms with E-state index in [1.54, 1.807) is 21.3 Å². The van der Waals surface area contributed by atoms with Crippen molar-refractivity contribution < 1.29 is 28.1 Å². The summed E-state index contributed by atoms with van der Waals surface area (Å²) in [6.45, 7) is 4.41. The van der Waals surface area contributed by atoms with Crippen molar-refractivity contribution in [1.82, 2.24) is 10.4 Å². The Hall–Kier alpha value is -3.78. The third kappa shape index (κ3) is 3.51. The van der Waals surface area contributed by atoms with Gasteiger partial charge in [0.1, 0.15) is 5.76 Å².